The van der Waals surface area contributed by atoms with Crippen molar-refractivity contribution in [1.82, 2.24) is 0 Å². The van der Waals surface area contributed by atoms with Crippen LogP contribution in [0.5, 0.6) is 5.75 Å². The molecule has 1 aromatic carbocycles. The van der Waals surface area contributed by atoms with E-state index in [1.165, 1.54) is 6.07 Å². The summed E-state index contributed by atoms with van der Waals surface area (Å²) in [5.74, 6) is 0.456. The van der Waals surface area contributed by atoms with Gasteiger partial charge in [0.05, 0.1) is 12.7 Å². The quantitative estimate of drug-likeness (QED) is 0.672. The lowest BCUT2D eigenvalue weighted by Gasteiger charge is -2.12. The van der Waals surface area contributed by atoms with Crippen LogP contribution in [0.4, 0.5) is 4.39 Å². The third kappa shape index (κ3) is 1.35. The molecule has 3 nitrogen and oxygen atoms in total. The molecule has 0 aliphatic carbocycles. The highest BCUT2D eigenvalue weighted by Crippen LogP contribution is 2.33. The first-order chi connectivity index (χ1) is 7.81. The number of halogens is 1. The van der Waals surface area contributed by atoms with E-state index in [0.29, 0.717) is 24.5 Å². The predicted molar refractivity (Wildman–Crippen MR) is 57.4 cm³/mol. The van der Waals surface area contributed by atoms with E-state index < -0.39 is 7.12 Å². The van der Waals surface area contributed by atoms with Crippen LogP contribution in [-0.2, 0) is 9.31 Å². The summed E-state index contributed by atoms with van der Waals surface area (Å²) >= 11 is 0. The minimum atomic E-state index is -0.465. The van der Waals surface area contributed by atoms with Crippen molar-refractivity contribution in [2.24, 2.45) is 0 Å². The van der Waals surface area contributed by atoms with Gasteiger partial charge >= 0.3 is 7.12 Å². The first-order valence-corrected chi connectivity index (χ1v) is 5.53. The number of ether oxygens (including phenoxy) is 1. The van der Waals surface area contributed by atoms with E-state index in [-0.39, 0.29) is 11.9 Å². The topological polar surface area (TPSA) is 27.7 Å². The Bertz CT molecular complexity index is 424. The van der Waals surface area contributed by atoms with Crippen molar-refractivity contribution in [3.8, 4) is 5.75 Å². The first kappa shape index (κ1) is 10.1. The Labute approximate surface area is 93.6 Å². The molecule has 16 heavy (non-hydrogen) atoms. The lowest BCUT2D eigenvalue weighted by atomic mass is 9.77. The Morgan fingerprint density at radius 1 is 1.44 bits per heavy atom. The summed E-state index contributed by atoms with van der Waals surface area (Å²) in [4.78, 5) is 0. The summed E-state index contributed by atoms with van der Waals surface area (Å²) in [5, 5.41) is 0. The molecule has 0 N–H and O–H groups in total. The molecule has 0 bridgehead atoms. The van der Waals surface area contributed by atoms with Crippen LogP contribution in [0.25, 0.3) is 0 Å². The van der Waals surface area contributed by atoms with Gasteiger partial charge in [-0.2, -0.15) is 0 Å². The minimum absolute atomic E-state index is 0.221. The summed E-state index contributed by atoms with van der Waals surface area (Å²) in [5.41, 5.74) is 1.34. The molecule has 1 atom stereocenters. The maximum absolute atomic E-state index is 13.8. The standard InChI is InChI=1S/C11H12BFO3/c1-2-8-10-7(13)3-4-9-11(10)12(16-8)15-6-5-14-9/h3-4,8H,2,5-6H2,1H3. The fourth-order valence-electron chi connectivity index (χ4n) is 2.30. The molecule has 2 aliphatic rings. The molecule has 1 unspecified atom stereocenters. The lowest BCUT2D eigenvalue weighted by molar-refractivity contribution is 0.139. The molecule has 0 fully saturated rings. The van der Waals surface area contributed by atoms with Gasteiger partial charge in [0.25, 0.3) is 0 Å². The number of rotatable bonds is 1. The predicted octanol–water partition coefficient (Wildman–Crippen LogP) is 1.41. The molecule has 84 valence electrons. The van der Waals surface area contributed by atoms with Gasteiger partial charge < -0.3 is 14.0 Å². The number of benzene rings is 1. The fraction of sp³-hybridized carbons (Fsp3) is 0.455. The van der Waals surface area contributed by atoms with E-state index in [4.69, 9.17) is 14.0 Å². The van der Waals surface area contributed by atoms with Crippen LogP contribution in [0, 0.1) is 5.82 Å². The normalized spacial score (nSPS) is 22.6. The maximum Gasteiger partial charge on any atom is 0.498 e. The van der Waals surface area contributed by atoms with Crippen molar-refractivity contribution in [3.05, 3.63) is 23.5 Å². The average molecular weight is 222 g/mol. The van der Waals surface area contributed by atoms with Gasteiger partial charge in [0.2, 0.25) is 0 Å². The summed E-state index contributed by atoms with van der Waals surface area (Å²) in [6.45, 7) is 2.92. The van der Waals surface area contributed by atoms with Gasteiger partial charge in [0, 0.05) is 11.0 Å². The van der Waals surface area contributed by atoms with Crippen LogP contribution < -0.4 is 10.2 Å². The van der Waals surface area contributed by atoms with Gasteiger partial charge in [-0.15, -0.1) is 0 Å². The van der Waals surface area contributed by atoms with Gasteiger partial charge in [-0.1, -0.05) is 6.92 Å². The second-order valence-electron chi connectivity index (χ2n) is 3.96. The van der Waals surface area contributed by atoms with Crippen molar-refractivity contribution in [2.45, 2.75) is 19.4 Å². The summed E-state index contributed by atoms with van der Waals surface area (Å²) in [6.07, 6.45) is 0.509. The van der Waals surface area contributed by atoms with Crippen molar-refractivity contribution < 1.29 is 18.4 Å². The van der Waals surface area contributed by atoms with Gasteiger partial charge in [-0.05, 0) is 18.6 Å². The summed E-state index contributed by atoms with van der Waals surface area (Å²) < 4.78 is 30.5. The molecular weight excluding hydrogens is 210 g/mol. The second-order valence-corrected chi connectivity index (χ2v) is 3.96. The number of hydrogen-bond acceptors (Lipinski definition) is 3. The van der Waals surface area contributed by atoms with Gasteiger partial charge in [-0.25, -0.2) is 4.39 Å². The Balaban J connectivity index is 2.17. The van der Waals surface area contributed by atoms with E-state index in [9.17, 15) is 4.39 Å². The summed E-state index contributed by atoms with van der Waals surface area (Å²) in [7, 11) is -0.465. The SMILES string of the molecule is CCC1OB2OCCOc3ccc(F)c1c32. The van der Waals surface area contributed by atoms with E-state index in [1.54, 1.807) is 6.07 Å². The van der Waals surface area contributed by atoms with Crippen molar-refractivity contribution in [3.63, 3.8) is 0 Å². The third-order valence-corrected chi connectivity index (χ3v) is 3.02. The molecule has 0 spiro atoms. The smallest absolute Gasteiger partial charge is 0.492 e. The zero-order valence-electron chi connectivity index (χ0n) is 9.03. The maximum atomic E-state index is 13.8. The molecule has 0 saturated carbocycles. The first-order valence-electron chi connectivity index (χ1n) is 5.53. The molecule has 0 amide bonds. The zero-order valence-corrected chi connectivity index (χ0v) is 9.03. The van der Waals surface area contributed by atoms with E-state index >= 15 is 0 Å². The van der Waals surface area contributed by atoms with Crippen LogP contribution >= 0.6 is 0 Å². The second kappa shape index (κ2) is 3.75. The van der Waals surface area contributed by atoms with E-state index in [0.717, 1.165) is 11.9 Å². The molecule has 2 aliphatic heterocycles. The van der Waals surface area contributed by atoms with Crippen molar-refractivity contribution >= 4 is 12.6 Å². The lowest BCUT2D eigenvalue weighted by Crippen LogP contribution is -2.31. The molecule has 3 rings (SSSR count). The monoisotopic (exact) mass is 222 g/mol. The zero-order chi connectivity index (χ0) is 11.1. The van der Waals surface area contributed by atoms with Crippen molar-refractivity contribution in [1.29, 1.82) is 0 Å². The molecule has 2 heterocycles. The molecular formula is C11H12BFO3. The average Bonchev–Trinajstić information content (AvgIpc) is 2.55. The molecule has 1 aromatic rings. The van der Waals surface area contributed by atoms with Crippen molar-refractivity contribution in [2.75, 3.05) is 13.2 Å². The minimum Gasteiger partial charge on any atom is -0.492 e. The van der Waals surface area contributed by atoms with Crippen LogP contribution in [0.15, 0.2) is 12.1 Å². The highest BCUT2D eigenvalue weighted by Gasteiger charge is 2.42. The molecule has 0 radical (unpaired) electrons. The van der Waals surface area contributed by atoms with Gasteiger partial charge in [-0.3, -0.25) is 0 Å². The Hall–Kier alpha value is -1.07. The van der Waals surface area contributed by atoms with Crippen LogP contribution in [0.1, 0.15) is 25.0 Å². The van der Waals surface area contributed by atoms with Crippen LogP contribution in [0.2, 0.25) is 0 Å². The van der Waals surface area contributed by atoms with E-state index in [2.05, 4.69) is 0 Å². The molecule has 5 heteroatoms. The third-order valence-electron chi connectivity index (χ3n) is 3.02. The highest BCUT2D eigenvalue weighted by molar-refractivity contribution is 6.64. The van der Waals surface area contributed by atoms with Crippen LogP contribution in [-0.4, -0.2) is 20.3 Å². The Morgan fingerprint density at radius 3 is 3.12 bits per heavy atom. The van der Waals surface area contributed by atoms with Gasteiger partial charge in [0.1, 0.15) is 18.2 Å². The molecule has 0 saturated heterocycles. The largest absolute Gasteiger partial charge is 0.498 e. The van der Waals surface area contributed by atoms with Crippen LogP contribution in [0.3, 0.4) is 0 Å². The number of hydrogen-bond donors (Lipinski definition) is 0. The Kier molecular flexibility index (Phi) is 2.37. The highest BCUT2D eigenvalue weighted by atomic mass is 19.1. The summed E-state index contributed by atoms with van der Waals surface area (Å²) in [6, 6.07) is 3.09. The van der Waals surface area contributed by atoms with Gasteiger partial charge in [0.15, 0.2) is 0 Å². The van der Waals surface area contributed by atoms with E-state index in [1.807, 2.05) is 6.92 Å². The molecule has 0 aromatic heterocycles. The fourth-order valence-corrected chi connectivity index (χ4v) is 2.30. The Morgan fingerprint density at radius 2 is 2.31 bits per heavy atom.